The molecule has 2 amide bonds. The molecule has 2 heterocycles. The van der Waals surface area contributed by atoms with Crippen LogP contribution >= 0.6 is 0 Å². The molecule has 36 heavy (non-hydrogen) atoms. The molecule has 1 unspecified atom stereocenters. The maximum Gasteiger partial charge on any atom is 0.410 e. The summed E-state index contributed by atoms with van der Waals surface area (Å²) in [6.45, 7) is 9.33. The molecule has 3 N–H and O–H groups in total. The van der Waals surface area contributed by atoms with Crippen molar-refractivity contribution in [1.29, 1.82) is 0 Å². The Hall–Kier alpha value is -3.02. The van der Waals surface area contributed by atoms with Gasteiger partial charge in [-0.1, -0.05) is 37.3 Å². The van der Waals surface area contributed by atoms with Gasteiger partial charge in [0.05, 0.1) is 18.3 Å². The van der Waals surface area contributed by atoms with E-state index in [1.54, 1.807) is 37.8 Å². The van der Waals surface area contributed by atoms with E-state index in [1.165, 1.54) is 9.58 Å². The van der Waals surface area contributed by atoms with Gasteiger partial charge < -0.3 is 29.9 Å². The molecule has 0 radical (unpaired) electrons. The SMILES string of the molecule is CC(C)CN(C(=O)c1nnn(-c2ccccc2)c1CO)C1C[C@@H](C(O)O)CN(C(=O)OC(C)(C)C)C1. The zero-order chi connectivity index (χ0) is 26.6. The summed E-state index contributed by atoms with van der Waals surface area (Å²) in [5.41, 5.74) is 0.188. The highest BCUT2D eigenvalue weighted by Crippen LogP contribution is 2.27. The lowest BCUT2D eigenvalue weighted by atomic mass is 9.92. The lowest BCUT2D eigenvalue weighted by Gasteiger charge is -2.43. The highest BCUT2D eigenvalue weighted by atomic mass is 16.6. The Kier molecular flexibility index (Phi) is 8.70. The molecule has 1 aromatic heterocycles. The number of aliphatic hydroxyl groups excluding tert-OH is 2. The van der Waals surface area contributed by atoms with E-state index in [4.69, 9.17) is 4.74 Å². The van der Waals surface area contributed by atoms with Crippen molar-refractivity contribution in [3.8, 4) is 5.69 Å². The van der Waals surface area contributed by atoms with Gasteiger partial charge in [0.25, 0.3) is 5.91 Å². The van der Waals surface area contributed by atoms with Gasteiger partial charge in [-0.2, -0.15) is 0 Å². The van der Waals surface area contributed by atoms with Crippen LogP contribution in [0.4, 0.5) is 4.79 Å². The van der Waals surface area contributed by atoms with E-state index in [0.29, 0.717) is 12.2 Å². The Morgan fingerprint density at radius 2 is 1.83 bits per heavy atom. The fraction of sp³-hybridized carbons (Fsp3) is 0.600. The number of piperidine rings is 1. The highest BCUT2D eigenvalue weighted by Gasteiger charge is 2.40. The van der Waals surface area contributed by atoms with Crippen LogP contribution in [-0.4, -0.2) is 89.7 Å². The first-order chi connectivity index (χ1) is 16.9. The Morgan fingerprint density at radius 3 is 2.39 bits per heavy atom. The van der Waals surface area contributed by atoms with E-state index in [9.17, 15) is 24.9 Å². The molecule has 11 heteroatoms. The molecule has 2 atom stereocenters. The third-order valence-corrected chi connectivity index (χ3v) is 5.91. The number of hydrogen-bond donors (Lipinski definition) is 3. The van der Waals surface area contributed by atoms with Gasteiger partial charge in [-0.05, 0) is 45.2 Å². The lowest BCUT2D eigenvalue weighted by molar-refractivity contribution is -0.109. The second kappa shape index (κ2) is 11.4. The molecule has 2 aromatic rings. The van der Waals surface area contributed by atoms with Crippen molar-refractivity contribution in [2.75, 3.05) is 19.6 Å². The van der Waals surface area contributed by atoms with Crippen LogP contribution in [0.2, 0.25) is 0 Å². The quantitative estimate of drug-likeness (QED) is 0.486. The minimum Gasteiger partial charge on any atom is -0.444 e. The predicted molar refractivity (Wildman–Crippen MR) is 131 cm³/mol. The van der Waals surface area contributed by atoms with Crippen LogP contribution in [0, 0.1) is 11.8 Å². The van der Waals surface area contributed by atoms with Crippen molar-refractivity contribution < 1.29 is 29.6 Å². The Bertz CT molecular complexity index is 1030. The van der Waals surface area contributed by atoms with E-state index in [-0.39, 0.29) is 36.8 Å². The van der Waals surface area contributed by atoms with Crippen molar-refractivity contribution >= 4 is 12.0 Å². The van der Waals surface area contributed by atoms with Gasteiger partial charge >= 0.3 is 6.09 Å². The summed E-state index contributed by atoms with van der Waals surface area (Å²) in [5, 5.41) is 38.3. The summed E-state index contributed by atoms with van der Waals surface area (Å²) in [5.74, 6) is -1.04. The molecule has 0 spiro atoms. The Labute approximate surface area is 211 Å². The number of aromatic nitrogens is 3. The van der Waals surface area contributed by atoms with Crippen LogP contribution in [0.15, 0.2) is 30.3 Å². The molecular weight excluding hydrogens is 466 g/mol. The molecule has 1 saturated heterocycles. The number of hydrogen-bond acceptors (Lipinski definition) is 8. The summed E-state index contributed by atoms with van der Waals surface area (Å²) in [4.78, 5) is 29.7. The highest BCUT2D eigenvalue weighted by molar-refractivity contribution is 5.93. The number of aliphatic hydroxyl groups is 3. The maximum atomic E-state index is 13.8. The topological polar surface area (TPSA) is 141 Å². The average molecular weight is 504 g/mol. The summed E-state index contributed by atoms with van der Waals surface area (Å²) in [7, 11) is 0. The standard InChI is InChI=1S/C25H37N5O6/c1-16(2)12-29(19-11-17(23(33)34)13-28(14-19)24(35)36-25(3,4)5)22(32)21-20(15-31)30(27-26-21)18-9-7-6-8-10-18/h6-10,16-17,19,23,31,33-34H,11-15H2,1-5H3/t17-,19?/m1/s1. The predicted octanol–water partition coefficient (Wildman–Crippen LogP) is 1.79. The molecule has 3 rings (SSSR count). The van der Waals surface area contributed by atoms with Crippen molar-refractivity contribution in [2.24, 2.45) is 11.8 Å². The van der Waals surface area contributed by atoms with E-state index < -0.39 is 42.5 Å². The number of para-hydroxylation sites is 1. The zero-order valence-electron chi connectivity index (χ0n) is 21.5. The Morgan fingerprint density at radius 1 is 1.17 bits per heavy atom. The fourth-order valence-electron chi connectivity index (χ4n) is 4.34. The van der Waals surface area contributed by atoms with Gasteiger partial charge in [-0.3, -0.25) is 4.79 Å². The first-order valence-corrected chi connectivity index (χ1v) is 12.2. The van der Waals surface area contributed by atoms with Gasteiger partial charge in [0.1, 0.15) is 11.3 Å². The molecule has 1 aliphatic heterocycles. The van der Waals surface area contributed by atoms with Crippen LogP contribution in [0.3, 0.4) is 0 Å². The van der Waals surface area contributed by atoms with Crippen LogP contribution in [-0.2, 0) is 11.3 Å². The number of likely N-dealkylation sites (tertiary alicyclic amines) is 1. The summed E-state index contributed by atoms with van der Waals surface area (Å²) < 4.78 is 6.94. The van der Waals surface area contributed by atoms with Crippen LogP contribution in [0.25, 0.3) is 5.69 Å². The summed E-state index contributed by atoms with van der Waals surface area (Å²) in [6.07, 6.45) is -1.97. The van der Waals surface area contributed by atoms with Gasteiger partial charge in [0, 0.05) is 25.6 Å². The van der Waals surface area contributed by atoms with Crippen molar-refractivity contribution in [3.63, 3.8) is 0 Å². The third kappa shape index (κ3) is 6.59. The largest absolute Gasteiger partial charge is 0.444 e. The van der Waals surface area contributed by atoms with Crippen LogP contribution in [0.1, 0.15) is 57.2 Å². The fourth-order valence-corrected chi connectivity index (χ4v) is 4.34. The number of rotatable bonds is 7. The number of ether oxygens (including phenoxy) is 1. The van der Waals surface area contributed by atoms with Gasteiger partial charge in [0.2, 0.25) is 0 Å². The minimum atomic E-state index is -1.67. The van der Waals surface area contributed by atoms with E-state index in [2.05, 4.69) is 10.3 Å². The first-order valence-electron chi connectivity index (χ1n) is 12.2. The molecule has 11 nitrogen and oxygen atoms in total. The molecule has 0 saturated carbocycles. The lowest BCUT2D eigenvalue weighted by Crippen LogP contribution is -2.57. The number of carbonyl (C=O) groups is 2. The van der Waals surface area contributed by atoms with Crippen molar-refractivity contribution in [3.05, 3.63) is 41.7 Å². The zero-order valence-corrected chi connectivity index (χ0v) is 21.5. The maximum absolute atomic E-state index is 13.8. The third-order valence-electron chi connectivity index (χ3n) is 5.91. The van der Waals surface area contributed by atoms with Gasteiger partial charge in [0.15, 0.2) is 12.0 Å². The normalized spacial score (nSPS) is 18.6. The van der Waals surface area contributed by atoms with Crippen LogP contribution < -0.4 is 0 Å². The van der Waals surface area contributed by atoms with Crippen molar-refractivity contribution in [1.82, 2.24) is 24.8 Å². The molecule has 1 aliphatic rings. The molecular formula is C25H37N5O6. The molecule has 0 aliphatic carbocycles. The van der Waals surface area contributed by atoms with Crippen LogP contribution in [0.5, 0.6) is 0 Å². The molecule has 0 bridgehead atoms. The average Bonchev–Trinajstić information content (AvgIpc) is 3.25. The molecule has 1 fully saturated rings. The van der Waals surface area contributed by atoms with E-state index in [0.717, 1.165) is 0 Å². The number of benzene rings is 1. The van der Waals surface area contributed by atoms with Gasteiger partial charge in [-0.15, -0.1) is 5.10 Å². The molecule has 198 valence electrons. The molecule has 1 aromatic carbocycles. The van der Waals surface area contributed by atoms with E-state index in [1.807, 2.05) is 32.0 Å². The summed E-state index contributed by atoms with van der Waals surface area (Å²) in [6, 6.07) is 8.54. The Balaban J connectivity index is 1.95. The second-order valence-corrected chi connectivity index (χ2v) is 10.6. The second-order valence-electron chi connectivity index (χ2n) is 10.6. The van der Waals surface area contributed by atoms with E-state index >= 15 is 0 Å². The monoisotopic (exact) mass is 503 g/mol. The number of amides is 2. The number of nitrogens with zero attached hydrogens (tertiary/aromatic N) is 5. The number of carbonyl (C=O) groups excluding carboxylic acids is 2. The smallest absolute Gasteiger partial charge is 0.410 e. The van der Waals surface area contributed by atoms with Crippen molar-refractivity contribution in [2.45, 2.75) is 65.6 Å². The summed E-state index contributed by atoms with van der Waals surface area (Å²) >= 11 is 0. The first kappa shape index (κ1) is 27.6. The minimum absolute atomic E-state index is 0.0116. The van der Waals surface area contributed by atoms with Gasteiger partial charge in [-0.25, -0.2) is 9.48 Å².